The van der Waals surface area contributed by atoms with Gasteiger partial charge in [0.25, 0.3) is 0 Å². The molecule has 0 bridgehead atoms. The molecule has 1 unspecified atom stereocenters. The molecule has 0 aliphatic heterocycles. The first kappa shape index (κ1) is 21.0. The SMILES string of the molecule is COC(=O)c1ccc(C2=CCC(c3cc(Cl)cc(Cl)c3)(C(F)(F)F)C2)cc1Cl. The van der Waals surface area contributed by atoms with Crippen LogP contribution in [0.15, 0.2) is 42.5 Å². The van der Waals surface area contributed by atoms with Crippen molar-refractivity contribution in [1.82, 2.24) is 0 Å². The number of allylic oxidation sites excluding steroid dienone is 2. The van der Waals surface area contributed by atoms with E-state index in [1.54, 1.807) is 6.07 Å². The smallest absolute Gasteiger partial charge is 0.399 e. The van der Waals surface area contributed by atoms with Crippen molar-refractivity contribution in [2.45, 2.75) is 24.4 Å². The largest absolute Gasteiger partial charge is 0.465 e. The molecule has 0 spiro atoms. The van der Waals surface area contributed by atoms with Crippen molar-refractivity contribution in [1.29, 1.82) is 0 Å². The first-order valence-corrected chi connectivity index (χ1v) is 9.31. The summed E-state index contributed by atoms with van der Waals surface area (Å²) in [4.78, 5) is 11.7. The maximum atomic E-state index is 14.1. The van der Waals surface area contributed by atoms with Gasteiger partial charge in [0, 0.05) is 10.0 Å². The number of carbonyl (C=O) groups excluding carboxylic acids is 1. The Morgan fingerprint density at radius 3 is 2.25 bits per heavy atom. The quantitative estimate of drug-likeness (QED) is 0.467. The summed E-state index contributed by atoms with van der Waals surface area (Å²) in [5.74, 6) is -0.616. The molecule has 2 aromatic rings. The van der Waals surface area contributed by atoms with Gasteiger partial charge in [-0.3, -0.25) is 0 Å². The van der Waals surface area contributed by atoms with Crippen molar-refractivity contribution in [3.05, 3.63) is 74.2 Å². The average Bonchev–Trinajstić information content (AvgIpc) is 3.07. The van der Waals surface area contributed by atoms with Crippen LogP contribution in [0.4, 0.5) is 13.2 Å². The fourth-order valence-corrected chi connectivity index (χ4v) is 4.19. The fourth-order valence-electron chi connectivity index (χ4n) is 3.41. The summed E-state index contributed by atoms with van der Waals surface area (Å²) in [5, 5.41) is 0.399. The molecule has 8 heteroatoms. The number of hydrogen-bond donors (Lipinski definition) is 0. The number of methoxy groups -OCH3 is 1. The lowest BCUT2D eigenvalue weighted by atomic mass is 9.76. The highest BCUT2D eigenvalue weighted by Gasteiger charge is 2.57. The second-order valence-electron chi connectivity index (χ2n) is 6.53. The van der Waals surface area contributed by atoms with Crippen LogP contribution in [0.3, 0.4) is 0 Å². The monoisotopic (exact) mass is 448 g/mol. The normalized spacial score (nSPS) is 19.5. The van der Waals surface area contributed by atoms with Gasteiger partial charge in [-0.05, 0) is 59.9 Å². The first-order chi connectivity index (χ1) is 13.1. The molecule has 0 N–H and O–H groups in total. The van der Waals surface area contributed by atoms with Gasteiger partial charge in [-0.2, -0.15) is 13.2 Å². The number of halogens is 6. The first-order valence-electron chi connectivity index (χ1n) is 8.18. The van der Waals surface area contributed by atoms with E-state index < -0.39 is 17.6 Å². The molecule has 1 atom stereocenters. The summed E-state index contributed by atoms with van der Waals surface area (Å²) in [6.45, 7) is 0. The van der Waals surface area contributed by atoms with Gasteiger partial charge < -0.3 is 4.74 Å². The molecule has 0 saturated heterocycles. The summed E-state index contributed by atoms with van der Waals surface area (Å²) >= 11 is 18.0. The molecule has 0 heterocycles. The Kier molecular flexibility index (Phi) is 5.72. The predicted molar refractivity (Wildman–Crippen MR) is 104 cm³/mol. The Hall–Kier alpha value is -1.69. The Labute approximate surface area is 174 Å². The molecule has 148 valence electrons. The van der Waals surface area contributed by atoms with Gasteiger partial charge in [-0.15, -0.1) is 0 Å². The Morgan fingerprint density at radius 1 is 1.07 bits per heavy atom. The standard InChI is InChI=1S/C20H14Cl3F3O2/c1-28-18(27)16-3-2-11(6-17(16)23)12-4-5-19(10-12,20(24,25)26)13-7-14(21)9-15(22)8-13/h2-4,6-9H,5,10H2,1H3. The van der Waals surface area contributed by atoms with Crippen LogP contribution in [-0.2, 0) is 10.2 Å². The van der Waals surface area contributed by atoms with Gasteiger partial charge >= 0.3 is 12.1 Å². The lowest BCUT2D eigenvalue weighted by Crippen LogP contribution is -2.40. The molecule has 2 aromatic carbocycles. The van der Waals surface area contributed by atoms with E-state index in [9.17, 15) is 18.0 Å². The Bertz CT molecular complexity index is 949. The van der Waals surface area contributed by atoms with Crippen molar-refractivity contribution in [2.75, 3.05) is 7.11 Å². The molecule has 3 rings (SSSR count). The molecular weight excluding hydrogens is 436 g/mol. The summed E-state index contributed by atoms with van der Waals surface area (Å²) < 4.78 is 47.1. The Morgan fingerprint density at radius 2 is 1.71 bits per heavy atom. The highest BCUT2D eigenvalue weighted by Crippen LogP contribution is 2.54. The number of ether oxygens (including phenoxy) is 1. The van der Waals surface area contributed by atoms with Crippen molar-refractivity contribution in [3.8, 4) is 0 Å². The van der Waals surface area contributed by atoms with E-state index in [2.05, 4.69) is 4.74 Å². The van der Waals surface area contributed by atoms with Crippen molar-refractivity contribution >= 4 is 46.3 Å². The van der Waals surface area contributed by atoms with Crippen LogP contribution in [-0.4, -0.2) is 19.3 Å². The van der Waals surface area contributed by atoms with Crippen molar-refractivity contribution < 1.29 is 22.7 Å². The van der Waals surface area contributed by atoms with Crippen LogP contribution in [0.2, 0.25) is 15.1 Å². The number of rotatable bonds is 3. The van der Waals surface area contributed by atoms with E-state index in [0.29, 0.717) is 11.1 Å². The number of hydrogen-bond acceptors (Lipinski definition) is 2. The Balaban J connectivity index is 2.00. The number of alkyl halides is 3. The maximum absolute atomic E-state index is 14.1. The molecule has 28 heavy (non-hydrogen) atoms. The maximum Gasteiger partial charge on any atom is 0.399 e. The van der Waals surface area contributed by atoms with Crippen molar-refractivity contribution in [2.24, 2.45) is 0 Å². The van der Waals surface area contributed by atoms with Gasteiger partial charge in [0.05, 0.1) is 23.1 Å². The number of benzene rings is 2. The lowest BCUT2D eigenvalue weighted by molar-refractivity contribution is -0.187. The highest BCUT2D eigenvalue weighted by atomic mass is 35.5. The zero-order valence-electron chi connectivity index (χ0n) is 14.5. The van der Waals surface area contributed by atoms with Crippen LogP contribution >= 0.6 is 34.8 Å². The predicted octanol–water partition coefficient (Wildman–Crippen LogP) is 7.11. The minimum absolute atomic E-state index is 0.0148. The second-order valence-corrected chi connectivity index (χ2v) is 7.81. The van der Waals surface area contributed by atoms with Crippen LogP contribution in [0.25, 0.3) is 5.57 Å². The summed E-state index contributed by atoms with van der Waals surface area (Å²) in [5.41, 5.74) is -0.982. The molecule has 0 aromatic heterocycles. The van der Waals surface area contributed by atoms with Crippen LogP contribution in [0, 0.1) is 0 Å². The minimum Gasteiger partial charge on any atom is -0.465 e. The third-order valence-corrected chi connectivity index (χ3v) is 5.64. The topological polar surface area (TPSA) is 26.3 Å². The highest BCUT2D eigenvalue weighted by molar-refractivity contribution is 6.35. The van der Waals surface area contributed by atoms with Crippen molar-refractivity contribution in [3.63, 3.8) is 0 Å². The van der Waals surface area contributed by atoms with E-state index >= 15 is 0 Å². The zero-order chi connectivity index (χ0) is 20.7. The number of esters is 1. The van der Waals surface area contributed by atoms with E-state index in [1.807, 2.05) is 0 Å². The molecule has 0 amide bonds. The third kappa shape index (κ3) is 3.76. The summed E-state index contributed by atoms with van der Waals surface area (Å²) in [7, 11) is 1.22. The van der Waals surface area contributed by atoms with Crippen LogP contribution in [0.1, 0.15) is 34.3 Å². The zero-order valence-corrected chi connectivity index (χ0v) is 16.8. The van der Waals surface area contributed by atoms with Gasteiger partial charge in [0.2, 0.25) is 0 Å². The minimum atomic E-state index is -4.52. The van der Waals surface area contributed by atoms with E-state index in [1.165, 1.54) is 43.5 Å². The molecule has 1 aliphatic rings. The molecule has 1 aliphatic carbocycles. The third-order valence-electron chi connectivity index (χ3n) is 4.89. The van der Waals surface area contributed by atoms with Gasteiger partial charge in [0.15, 0.2) is 0 Å². The van der Waals surface area contributed by atoms with E-state index in [-0.39, 0.29) is 39.0 Å². The molecular formula is C20H14Cl3F3O2. The summed E-state index contributed by atoms with van der Waals surface area (Å²) in [6.07, 6.45) is -3.53. The lowest BCUT2D eigenvalue weighted by Gasteiger charge is -2.33. The van der Waals surface area contributed by atoms with E-state index in [0.717, 1.165) is 0 Å². The van der Waals surface area contributed by atoms with Crippen LogP contribution in [0.5, 0.6) is 0 Å². The number of carbonyl (C=O) groups is 1. The van der Waals surface area contributed by atoms with E-state index in [4.69, 9.17) is 34.8 Å². The molecule has 0 saturated carbocycles. The average molecular weight is 450 g/mol. The van der Waals surface area contributed by atoms with Crippen LogP contribution < -0.4 is 0 Å². The summed E-state index contributed by atoms with van der Waals surface area (Å²) in [6, 6.07) is 8.45. The van der Waals surface area contributed by atoms with Gasteiger partial charge in [-0.1, -0.05) is 46.9 Å². The molecule has 2 nitrogen and oxygen atoms in total. The van der Waals surface area contributed by atoms with Gasteiger partial charge in [0.1, 0.15) is 0 Å². The fraction of sp³-hybridized carbons (Fsp3) is 0.250. The van der Waals surface area contributed by atoms with Gasteiger partial charge in [-0.25, -0.2) is 4.79 Å². The second kappa shape index (κ2) is 7.62. The molecule has 0 radical (unpaired) electrons. The molecule has 0 fully saturated rings.